The minimum atomic E-state index is -0.589. The molecule has 0 fully saturated rings. The number of benzene rings is 1. The first kappa shape index (κ1) is 12.4. The summed E-state index contributed by atoms with van der Waals surface area (Å²) < 4.78 is 5.51. The van der Waals surface area contributed by atoms with Crippen LogP contribution in [0.4, 0.5) is 0 Å². The van der Waals surface area contributed by atoms with Gasteiger partial charge in [0, 0.05) is 24.6 Å². The maximum Gasteiger partial charge on any atom is 0.274 e. The molecule has 0 aromatic heterocycles. The molecule has 18 heavy (non-hydrogen) atoms. The van der Waals surface area contributed by atoms with Crippen molar-refractivity contribution in [2.24, 2.45) is 0 Å². The van der Waals surface area contributed by atoms with Crippen LogP contribution in [0, 0.1) is 0 Å². The van der Waals surface area contributed by atoms with Gasteiger partial charge >= 0.3 is 0 Å². The zero-order valence-electron chi connectivity index (χ0n) is 9.97. The predicted molar refractivity (Wildman–Crippen MR) is 62.3 cm³/mol. The second-order valence-electron chi connectivity index (χ2n) is 4.05. The van der Waals surface area contributed by atoms with Crippen LogP contribution in [0.2, 0.25) is 0 Å². The van der Waals surface area contributed by atoms with E-state index >= 15 is 0 Å². The second-order valence-corrected chi connectivity index (χ2v) is 4.05. The van der Waals surface area contributed by atoms with E-state index in [2.05, 4.69) is 0 Å². The summed E-state index contributed by atoms with van der Waals surface area (Å²) >= 11 is 0. The lowest BCUT2D eigenvalue weighted by molar-refractivity contribution is -0.129. The summed E-state index contributed by atoms with van der Waals surface area (Å²) in [7, 11) is 0. The summed E-state index contributed by atoms with van der Waals surface area (Å²) in [5, 5.41) is 8.57. The Morgan fingerprint density at radius 2 is 2.22 bits per heavy atom. The Morgan fingerprint density at radius 1 is 1.44 bits per heavy atom. The van der Waals surface area contributed by atoms with Crippen molar-refractivity contribution in [2.45, 2.75) is 13.5 Å². The Balaban J connectivity index is 2.29. The smallest absolute Gasteiger partial charge is 0.274 e. The quantitative estimate of drug-likeness (QED) is 0.563. The SMILES string of the molecule is CC(=O)N1CCOc2cc(C(=O)NO)ccc2C1. The van der Waals surface area contributed by atoms with Crippen molar-refractivity contribution in [1.29, 1.82) is 0 Å². The van der Waals surface area contributed by atoms with Crippen molar-refractivity contribution in [3.05, 3.63) is 29.3 Å². The molecule has 2 rings (SSSR count). The van der Waals surface area contributed by atoms with Gasteiger partial charge in [-0.15, -0.1) is 0 Å². The molecule has 1 aromatic carbocycles. The molecule has 0 aliphatic carbocycles. The van der Waals surface area contributed by atoms with E-state index in [1.54, 1.807) is 28.6 Å². The highest BCUT2D eigenvalue weighted by atomic mass is 16.5. The van der Waals surface area contributed by atoms with Gasteiger partial charge in [0.1, 0.15) is 12.4 Å². The summed E-state index contributed by atoms with van der Waals surface area (Å²) in [4.78, 5) is 24.3. The first-order valence-corrected chi connectivity index (χ1v) is 5.57. The second kappa shape index (κ2) is 5.05. The summed E-state index contributed by atoms with van der Waals surface area (Å²) in [6.45, 7) is 2.88. The van der Waals surface area contributed by atoms with Crippen LogP contribution in [0.25, 0.3) is 0 Å². The molecule has 1 aromatic rings. The molecule has 96 valence electrons. The number of amides is 2. The standard InChI is InChI=1S/C12H14N2O4/c1-8(15)14-4-5-18-11-6-9(12(16)13-17)2-3-10(11)7-14/h2-3,6,17H,4-5,7H2,1H3,(H,13,16). The van der Waals surface area contributed by atoms with E-state index in [9.17, 15) is 9.59 Å². The first-order valence-electron chi connectivity index (χ1n) is 5.57. The highest BCUT2D eigenvalue weighted by Gasteiger charge is 2.18. The molecule has 6 heteroatoms. The number of carbonyl (C=O) groups is 2. The van der Waals surface area contributed by atoms with Gasteiger partial charge in [0.25, 0.3) is 5.91 Å². The number of hydrogen-bond acceptors (Lipinski definition) is 4. The van der Waals surface area contributed by atoms with Crippen LogP contribution in [-0.4, -0.2) is 35.1 Å². The molecule has 0 radical (unpaired) electrons. The molecule has 0 unspecified atom stereocenters. The third kappa shape index (κ3) is 2.43. The molecule has 6 nitrogen and oxygen atoms in total. The number of hydroxylamine groups is 1. The number of carbonyl (C=O) groups excluding carboxylic acids is 2. The highest BCUT2D eigenvalue weighted by Crippen LogP contribution is 2.24. The van der Waals surface area contributed by atoms with Crippen molar-refractivity contribution in [1.82, 2.24) is 10.4 Å². The van der Waals surface area contributed by atoms with E-state index in [4.69, 9.17) is 9.94 Å². The zero-order valence-corrected chi connectivity index (χ0v) is 9.97. The van der Waals surface area contributed by atoms with Crippen LogP contribution in [0.1, 0.15) is 22.8 Å². The lowest BCUT2D eigenvalue weighted by Gasteiger charge is -2.17. The maximum atomic E-state index is 11.4. The molecular weight excluding hydrogens is 236 g/mol. The minimum Gasteiger partial charge on any atom is -0.491 e. The Kier molecular flexibility index (Phi) is 3.47. The Hall–Kier alpha value is -2.08. The largest absolute Gasteiger partial charge is 0.491 e. The summed E-state index contributed by atoms with van der Waals surface area (Å²) in [5.74, 6) is -0.0300. The predicted octanol–water partition coefficient (Wildman–Crippen LogP) is 0.547. The van der Waals surface area contributed by atoms with Crippen LogP contribution < -0.4 is 10.2 Å². The van der Waals surface area contributed by atoms with E-state index in [0.717, 1.165) is 5.56 Å². The Bertz CT molecular complexity index is 487. The van der Waals surface area contributed by atoms with Crippen LogP contribution >= 0.6 is 0 Å². The number of rotatable bonds is 1. The van der Waals surface area contributed by atoms with E-state index in [0.29, 0.717) is 31.0 Å². The lowest BCUT2D eigenvalue weighted by atomic mass is 10.1. The molecule has 0 bridgehead atoms. The normalized spacial score (nSPS) is 14.2. The zero-order chi connectivity index (χ0) is 13.1. The van der Waals surface area contributed by atoms with E-state index in [1.807, 2.05) is 0 Å². The average molecular weight is 250 g/mol. The minimum absolute atomic E-state index is 0.0105. The highest BCUT2D eigenvalue weighted by molar-refractivity contribution is 5.93. The van der Waals surface area contributed by atoms with Gasteiger partial charge in [0.2, 0.25) is 5.91 Å². The van der Waals surface area contributed by atoms with Gasteiger partial charge in [-0.2, -0.15) is 0 Å². The molecule has 2 N–H and O–H groups in total. The molecule has 1 heterocycles. The fourth-order valence-electron chi connectivity index (χ4n) is 1.84. The van der Waals surface area contributed by atoms with Gasteiger partial charge in [-0.1, -0.05) is 6.07 Å². The number of nitrogens with zero attached hydrogens (tertiary/aromatic N) is 1. The van der Waals surface area contributed by atoms with Crippen LogP contribution in [-0.2, 0) is 11.3 Å². The number of nitrogens with one attached hydrogen (secondary N) is 1. The van der Waals surface area contributed by atoms with E-state index < -0.39 is 5.91 Å². The van der Waals surface area contributed by atoms with Gasteiger partial charge in [0.15, 0.2) is 0 Å². The van der Waals surface area contributed by atoms with Gasteiger partial charge in [-0.3, -0.25) is 14.8 Å². The van der Waals surface area contributed by atoms with Crippen molar-refractivity contribution < 1.29 is 19.5 Å². The van der Waals surface area contributed by atoms with Crippen LogP contribution in [0.5, 0.6) is 5.75 Å². The maximum absolute atomic E-state index is 11.4. The molecule has 1 aliphatic heterocycles. The molecule has 0 atom stereocenters. The number of ether oxygens (including phenoxy) is 1. The van der Waals surface area contributed by atoms with Gasteiger partial charge in [0.05, 0.1) is 6.54 Å². The fraction of sp³-hybridized carbons (Fsp3) is 0.333. The molecule has 0 saturated heterocycles. The first-order chi connectivity index (χ1) is 8.61. The number of fused-ring (bicyclic) bond motifs is 1. The lowest BCUT2D eigenvalue weighted by Crippen LogP contribution is -2.30. The average Bonchev–Trinajstić information content (AvgIpc) is 2.58. The van der Waals surface area contributed by atoms with Crippen LogP contribution in [0.3, 0.4) is 0 Å². The molecule has 1 aliphatic rings. The van der Waals surface area contributed by atoms with Crippen molar-refractivity contribution >= 4 is 11.8 Å². The fourth-order valence-corrected chi connectivity index (χ4v) is 1.84. The molecule has 0 saturated carbocycles. The van der Waals surface area contributed by atoms with Crippen molar-refractivity contribution in [2.75, 3.05) is 13.2 Å². The van der Waals surface area contributed by atoms with E-state index in [1.165, 1.54) is 6.92 Å². The molecule has 0 spiro atoms. The molecular formula is C12H14N2O4. The van der Waals surface area contributed by atoms with E-state index in [-0.39, 0.29) is 5.91 Å². The summed E-state index contributed by atoms with van der Waals surface area (Å²) in [6.07, 6.45) is 0. The van der Waals surface area contributed by atoms with Gasteiger partial charge in [-0.05, 0) is 12.1 Å². The topological polar surface area (TPSA) is 78.9 Å². The summed E-state index contributed by atoms with van der Waals surface area (Å²) in [6, 6.07) is 4.86. The monoisotopic (exact) mass is 250 g/mol. The van der Waals surface area contributed by atoms with Gasteiger partial charge in [-0.25, -0.2) is 5.48 Å². The Labute approximate surface area is 104 Å². The van der Waals surface area contributed by atoms with Crippen molar-refractivity contribution in [3.8, 4) is 5.75 Å². The van der Waals surface area contributed by atoms with Crippen molar-refractivity contribution in [3.63, 3.8) is 0 Å². The van der Waals surface area contributed by atoms with Gasteiger partial charge < -0.3 is 9.64 Å². The third-order valence-electron chi connectivity index (χ3n) is 2.86. The third-order valence-corrected chi connectivity index (χ3v) is 2.86. The number of hydrogen-bond donors (Lipinski definition) is 2. The van der Waals surface area contributed by atoms with Crippen LogP contribution in [0.15, 0.2) is 18.2 Å². The summed E-state index contributed by atoms with van der Waals surface area (Å²) in [5.41, 5.74) is 2.73. The molecule has 2 amide bonds. The Morgan fingerprint density at radius 3 is 2.89 bits per heavy atom.